The van der Waals surface area contributed by atoms with Gasteiger partial charge in [0.15, 0.2) is 0 Å². The number of nitrogen functional groups attached to an aromatic ring is 2. The molecule has 0 aliphatic rings. The number of anilines is 2. The van der Waals surface area contributed by atoms with E-state index in [0.29, 0.717) is 5.92 Å². The van der Waals surface area contributed by atoms with Crippen molar-refractivity contribution in [3.63, 3.8) is 0 Å². The molecule has 0 aliphatic heterocycles. The van der Waals surface area contributed by atoms with E-state index in [1.807, 2.05) is 24.3 Å². The van der Waals surface area contributed by atoms with Crippen LogP contribution in [0, 0.1) is 0 Å². The molecular formula is C36H44N2. The lowest BCUT2D eigenvalue weighted by molar-refractivity contribution is 0.558. The standard InChI is InChI=1S/C36H44N2/c1-2-3-4-5-6-7-8-9-36(32-18-10-28(11-19-32)26-30-14-22-34(37)23-15-30)33-20-12-29(13-21-33)27-31-16-24-35(38)25-17-31/h10-25,36H,2-9,26-27,37-38H2,1H3. The van der Waals surface area contributed by atoms with Gasteiger partial charge in [-0.1, -0.05) is 125 Å². The maximum absolute atomic E-state index is 5.86. The number of nitrogens with two attached hydrogens (primary N) is 2. The molecule has 0 fully saturated rings. The predicted molar refractivity (Wildman–Crippen MR) is 165 cm³/mol. The Morgan fingerprint density at radius 3 is 1.18 bits per heavy atom. The Bertz CT molecular complexity index is 1120. The van der Waals surface area contributed by atoms with Crippen LogP contribution in [-0.2, 0) is 12.8 Å². The van der Waals surface area contributed by atoms with E-state index in [1.165, 1.54) is 84.7 Å². The van der Waals surface area contributed by atoms with Gasteiger partial charge in [0.05, 0.1) is 0 Å². The average Bonchev–Trinajstić information content (AvgIpc) is 2.94. The molecule has 4 aromatic carbocycles. The molecule has 0 aromatic heterocycles. The normalized spacial score (nSPS) is 11.2. The molecule has 38 heavy (non-hydrogen) atoms. The van der Waals surface area contributed by atoms with Crippen LogP contribution in [0.2, 0.25) is 0 Å². The molecule has 0 saturated carbocycles. The number of hydrogen-bond donors (Lipinski definition) is 2. The Balaban J connectivity index is 1.44. The maximum atomic E-state index is 5.86. The van der Waals surface area contributed by atoms with Gasteiger partial charge in [-0.3, -0.25) is 0 Å². The molecule has 4 aromatic rings. The van der Waals surface area contributed by atoms with Crippen LogP contribution in [0.15, 0.2) is 97.1 Å². The zero-order valence-corrected chi connectivity index (χ0v) is 23.0. The Morgan fingerprint density at radius 1 is 0.447 bits per heavy atom. The molecule has 0 aliphatic carbocycles. The second kappa shape index (κ2) is 14.4. The summed E-state index contributed by atoms with van der Waals surface area (Å²) >= 11 is 0. The van der Waals surface area contributed by atoms with Crippen LogP contribution in [0.5, 0.6) is 0 Å². The Labute approximate surface area is 230 Å². The molecule has 0 spiro atoms. The van der Waals surface area contributed by atoms with Crippen molar-refractivity contribution in [1.82, 2.24) is 0 Å². The molecule has 4 rings (SSSR count). The van der Waals surface area contributed by atoms with Gasteiger partial charge in [-0.15, -0.1) is 0 Å². The van der Waals surface area contributed by atoms with E-state index in [4.69, 9.17) is 11.5 Å². The Kier molecular flexibility index (Phi) is 10.4. The van der Waals surface area contributed by atoms with Crippen LogP contribution in [0.3, 0.4) is 0 Å². The summed E-state index contributed by atoms with van der Waals surface area (Å²) in [6.45, 7) is 2.28. The second-order valence-corrected chi connectivity index (χ2v) is 10.8. The smallest absolute Gasteiger partial charge is 0.0314 e. The average molecular weight is 505 g/mol. The fourth-order valence-corrected chi connectivity index (χ4v) is 5.31. The van der Waals surface area contributed by atoms with Gasteiger partial charge in [0, 0.05) is 17.3 Å². The van der Waals surface area contributed by atoms with Gasteiger partial charge in [-0.05, 0) is 76.9 Å². The van der Waals surface area contributed by atoms with Gasteiger partial charge in [-0.2, -0.15) is 0 Å². The molecule has 4 N–H and O–H groups in total. The Morgan fingerprint density at radius 2 is 0.789 bits per heavy atom. The van der Waals surface area contributed by atoms with Crippen molar-refractivity contribution in [1.29, 1.82) is 0 Å². The summed E-state index contributed by atoms with van der Waals surface area (Å²) in [7, 11) is 0. The molecule has 0 saturated heterocycles. The van der Waals surface area contributed by atoms with Crippen LogP contribution in [-0.4, -0.2) is 0 Å². The third kappa shape index (κ3) is 8.52. The van der Waals surface area contributed by atoms with Crippen molar-refractivity contribution in [2.75, 3.05) is 11.5 Å². The highest BCUT2D eigenvalue weighted by atomic mass is 14.5. The number of rotatable bonds is 14. The van der Waals surface area contributed by atoms with E-state index < -0.39 is 0 Å². The fourth-order valence-electron chi connectivity index (χ4n) is 5.31. The zero-order valence-electron chi connectivity index (χ0n) is 23.0. The highest BCUT2D eigenvalue weighted by molar-refractivity contribution is 5.43. The minimum absolute atomic E-state index is 0.432. The van der Waals surface area contributed by atoms with Crippen molar-refractivity contribution < 1.29 is 0 Å². The van der Waals surface area contributed by atoms with Crippen LogP contribution in [0.25, 0.3) is 0 Å². The van der Waals surface area contributed by atoms with Gasteiger partial charge >= 0.3 is 0 Å². The van der Waals surface area contributed by atoms with Crippen molar-refractivity contribution in [2.24, 2.45) is 0 Å². The SMILES string of the molecule is CCCCCCCCCC(c1ccc(Cc2ccc(N)cc2)cc1)c1ccc(Cc2ccc(N)cc2)cc1. The van der Waals surface area contributed by atoms with Crippen LogP contribution in [0.1, 0.15) is 97.6 Å². The number of unbranched alkanes of at least 4 members (excludes halogenated alkanes) is 6. The molecule has 2 heteroatoms. The minimum atomic E-state index is 0.432. The fraction of sp³-hybridized carbons (Fsp3) is 0.333. The van der Waals surface area contributed by atoms with Crippen molar-refractivity contribution in [3.8, 4) is 0 Å². The lowest BCUT2D eigenvalue weighted by atomic mass is 9.85. The Hall–Kier alpha value is -3.52. The topological polar surface area (TPSA) is 52.0 Å². The predicted octanol–water partition coefficient (Wildman–Crippen LogP) is 9.31. The first-order valence-electron chi connectivity index (χ1n) is 14.5. The van der Waals surface area contributed by atoms with E-state index in [2.05, 4.69) is 79.7 Å². The number of hydrogen-bond acceptors (Lipinski definition) is 2. The summed E-state index contributed by atoms with van der Waals surface area (Å²) < 4.78 is 0. The molecular weight excluding hydrogens is 460 g/mol. The van der Waals surface area contributed by atoms with Gasteiger partial charge in [0.25, 0.3) is 0 Å². The van der Waals surface area contributed by atoms with Gasteiger partial charge in [-0.25, -0.2) is 0 Å². The highest BCUT2D eigenvalue weighted by Crippen LogP contribution is 2.31. The van der Waals surface area contributed by atoms with Crippen molar-refractivity contribution in [3.05, 3.63) is 130 Å². The minimum Gasteiger partial charge on any atom is -0.399 e. The summed E-state index contributed by atoms with van der Waals surface area (Å²) in [6.07, 6.45) is 12.4. The maximum Gasteiger partial charge on any atom is 0.0314 e. The third-order valence-corrected chi connectivity index (χ3v) is 7.64. The molecule has 0 atom stereocenters. The van der Waals surface area contributed by atoms with Crippen LogP contribution in [0.4, 0.5) is 11.4 Å². The van der Waals surface area contributed by atoms with E-state index in [0.717, 1.165) is 24.2 Å². The van der Waals surface area contributed by atoms with Crippen molar-refractivity contribution >= 4 is 11.4 Å². The molecule has 198 valence electrons. The first-order valence-corrected chi connectivity index (χ1v) is 14.5. The first kappa shape index (κ1) is 27.5. The van der Waals surface area contributed by atoms with E-state index in [1.54, 1.807) is 0 Å². The van der Waals surface area contributed by atoms with Gasteiger partial charge in [0.1, 0.15) is 0 Å². The molecule has 0 amide bonds. The van der Waals surface area contributed by atoms with E-state index in [-0.39, 0.29) is 0 Å². The highest BCUT2D eigenvalue weighted by Gasteiger charge is 2.14. The summed E-state index contributed by atoms with van der Waals surface area (Å²) in [6, 6.07) is 35.0. The van der Waals surface area contributed by atoms with Crippen molar-refractivity contribution in [2.45, 2.75) is 77.0 Å². The quantitative estimate of drug-likeness (QED) is 0.133. The summed E-state index contributed by atoms with van der Waals surface area (Å²) in [4.78, 5) is 0. The lowest BCUT2D eigenvalue weighted by Gasteiger charge is -2.19. The largest absolute Gasteiger partial charge is 0.399 e. The third-order valence-electron chi connectivity index (χ3n) is 7.64. The first-order chi connectivity index (χ1) is 18.6. The molecule has 0 bridgehead atoms. The monoisotopic (exact) mass is 504 g/mol. The summed E-state index contributed by atoms with van der Waals surface area (Å²) in [5, 5.41) is 0. The molecule has 2 nitrogen and oxygen atoms in total. The molecule has 0 unspecified atom stereocenters. The lowest BCUT2D eigenvalue weighted by Crippen LogP contribution is -2.03. The van der Waals surface area contributed by atoms with Crippen LogP contribution < -0.4 is 11.5 Å². The zero-order chi connectivity index (χ0) is 26.6. The summed E-state index contributed by atoms with van der Waals surface area (Å²) in [5.74, 6) is 0.432. The molecule has 0 heterocycles. The van der Waals surface area contributed by atoms with Crippen LogP contribution >= 0.6 is 0 Å². The van der Waals surface area contributed by atoms with Gasteiger partial charge in [0.2, 0.25) is 0 Å². The number of benzene rings is 4. The molecule has 0 radical (unpaired) electrons. The van der Waals surface area contributed by atoms with E-state index in [9.17, 15) is 0 Å². The summed E-state index contributed by atoms with van der Waals surface area (Å²) in [5.41, 5.74) is 21.5. The second-order valence-electron chi connectivity index (χ2n) is 10.8. The van der Waals surface area contributed by atoms with Gasteiger partial charge < -0.3 is 11.5 Å². The van der Waals surface area contributed by atoms with E-state index >= 15 is 0 Å².